The normalized spacial score (nSPS) is 15.3. The van der Waals surface area contributed by atoms with Crippen LogP contribution in [0.25, 0.3) is 16.3 Å². The van der Waals surface area contributed by atoms with Crippen LogP contribution in [0.3, 0.4) is 0 Å². The minimum atomic E-state index is 0.886. The van der Waals surface area contributed by atoms with Crippen molar-refractivity contribution in [2.24, 2.45) is 7.05 Å². The van der Waals surface area contributed by atoms with Crippen LogP contribution in [0.1, 0.15) is 18.4 Å². The Labute approximate surface area is 180 Å². The lowest BCUT2D eigenvalue weighted by Crippen LogP contribution is -2.29. The predicted molar refractivity (Wildman–Crippen MR) is 123 cm³/mol. The van der Waals surface area contributed by atoms with Gasteiger partial charge in [0.15, 0.2) is 0 Å². The molecule has 150 valence electrons. The zero-order valence-corrected chi connectivity index (χ0v) is 19.0. The van der Waals surface area contributed by atoms with Crippen LogP contribution in [0.15, 0.2) is 58.0 Å². The van der Waals surface area contributed by atoms with E-state index in [0.29, 0.717) is 0 Å². The van der Waals surface area contributed by atoms with Gasteiger partial charge >= 0.3 is 0 Å². The maximum atomic E-state index is 5.39. The minimum absolute atomic E-state index is 0.886. The predicted octanol–water partition coefficient (Wildman–Crippen LogP) is 5.62. The van der Waals surface area contributed by atoms with Gasteiger partial charge in [-0.1, -0.05) is 30.0 Å². The van der Waals surface area contributed by atoms with E-state index >= 15 is 0 Å². The van der Waals surface area contributed by atoms with Crippen molar-refractivity contribution in [1.82, 2.24) is 0 Å². The molecule has 0 radical (unpaired) electrons. The summed E-state index contributed by atoms with van der Waals surface area (Å²) in [6.45, 7) is 2.20. The van der Waals surface area contributed by atoms with Gasteiger partial charge in [-0.25, -0.2) is 0 Å². The molecule has 0 saturated carbocycles. The molecule has 0 N–H and O–H groups in total. The lowest BCUT2D eigenvalue weighted by atomic mass is 10.2. The van der Waals surface area contributed by atoms with Crippen LogP contribution >= 0.6 is 23.1 Å². The SMILES string of the molecule is CCC(/C=C1\Sc2ccc(OC)cc2N1C)=C\c1sc2ccc(OC)cc2[n+]1C. The first-order valence-electron chi connectivity index (χ1n) is 9.52. The molecule has 1 aromatic heterocycles. The molecule has 0 bridgehead atoms. The van der Waals surface area contributed by atoms with Crippen LogP contribution in [-0.2, 0) is 7.05 Å². The summed E-state index contributed by atoms with van der Waals surface area (Å²) < 4.78 is 14.3. The fourth-order valence-corrected chi connectivity index (χ4v) is 5.58. The van der Waals surface area contributed by atoms with Crippen molar-refractivity contribution < 1.29 is 14.0 Å². The van der Waals surface area contributed by atoms with Gasteiger partial charge in [-0.05, 0) is 42.3 Å². The molecule has 0 unspecified atom stereocenters. The Kier molecular flexibility index (Phi) is 5.56. The van der Waals surface area contributed by atoms with E-state index in [1.165, 1.54) is 36.4 Å². The topological polar surface area (TPSA) is 25.6 Å². The maximum Gasteiger partial charge on any atom is 0.262 e. The summed E-state index contributed by atoms with van der Waals surface area (Å²) in [6.07, 6.45) is 5.55. The van der Waals surface area contributed by atoms with E-state index in [1.54, 1.807) is 37.3 Å². The highest BCUT2D eigenvalue weighted by atomic mass is 32.2. The van der Waals surface area contributed by atoms with Gasteiger partial charge in [-0.3, -0.25) is 0 Å². The fourth-order valence-electron chi connectivity index (χ4n) is 3.36. The number of allylic oxidation sites excluding steroid dienone is 2. The monoisotopic (exact) mass is 425 g/mol. The van der Waals surface area contributed by atoms with E-state index in [2.05, 4.69) is 66.9 Å². The molecule has 2 aromatic carbocycles. The number of hydrogen-bond donors (Lipinski definition) is 0. The second-order valence-electron chi connectivity index (χ2n) is 6.88. The van der Waals surface area contributed by atoms with E-state index in [-0.39, 0.29) is 0 Å². The van der Waals surface area contributed by atoms with Crippen LogP contribution in [0.5, 0.6) is 11.5 Å². The van der Waals surface area contributed by atoms with E-state index < -0.39 is 0 Å². The number of ether oxygens (including phenoxy) is 2. The largest absolute Gasteiger partial charge is 0.497 e. The molecule has 1 aliphatic rings. The van der Waals surface area contributed by atoms with Gasteiger partial charge in [-0.2, -0.15) is 4.57 Å². The van der Waals surface area contributed by atoms with Crippen molar-refractivity contribution in [2.75, 3.05) is 26.2 Å². The number of nitrogens with zero attached hydrogens (tertiary/aromatic N) is 2. The minimum Gasteiger partial charge on any atom is -0.497 e. The number of aryl methyl sites for hydroxylation is 1. The molecular formula is C23H25N2O2S2+. The Hall–Kier alpha value is -2.44. The van der Waals surface area contributed by atoms with Gasteiger partial charge in [0.05, 0.1) is 31.0 Å². The number of benzene rings is 2. The third kappa shape index (κ3) is 3.74. The molecule has 29 heavy (non-hydrogen) atoms. The second kappa shape index (κ2) is 8.13. The summed E-state index contributed by atoms with van der Waals surface area (Å²) in [6, 6.07) is 12.5. The third-order valence-corrected chi connectivity index (χ3v) is 7.50. The smallest absolute Gasteiger partial charge is 0.262 e. The van der Waals surface area contributed by atoms with Crippen LogP contribution in [0, 0.1) is 0 Å². The Morgan fingerprint density at radius 2 is 1.83 bits per heavy atom. The lowest BCUT2D eigenvalue weighted by Gasteiger charge is -2.14. The molecule has 0 amide bonds. The molecule has 0 spiro atoms. The van der Waals surface area contributed by atoms with E-state index in [1.807, 2.05) is 12.1 Å². The van der Waals surface area contributed by atoms with Crippen molar-refractivity contribution in [3.63, 3.8) is 0 Å². The number of thioether (sulfide) groups is 1. The number of fused-ring (bicyclic) bond motifs is 2. The van der Waals surface area contributed by atoms with E-state index in [0.717, 1.165) is 17.9 Å². The van der Waals surface area contributed by atoms with E-state index in [9.17, 15) is 0 Å². The summed E-state index contributed by atoms with van der Waals surface area (Å²) in [4.78, 5) is 3.50. The van der Waals surface area contributed by atoms with Gasteiger partial charge in [-0.15, -0.1) is 0 Å². The lowest BCUT2D eigenvalue weighted by molar-refractivity contribution is -0.642. The van der Waals surface area contributed by atoms with Crippen LogP contribution in [0.4, 0.5) is 5.69 Å². The highest BCUT2D eigenvalue weighted by Gasteiger charge is 2.23. The number of aromatic nitrogens is 1. The van der Waals surface area contributed by atoms with Gasteiger partial charge < -0.3 is 14.4 Å². The average Bonchev–Trinajstić information content (AvgIpc) is 3.23. The number of thiazole rings is 1. The van der Waals surface area contributed by atoms with Crippen LogP contribution < -0.4 is 18.9 Å². The molecule has 4 nitrogen and oxygen atoms in total. The molecule has 1 aliphatic heterocycles. The number of methoxy groups -OCH3 is 2. The summed E-state index contributed by atoms with van der Waals surface area (Å²) in [7, 11) is 7.64. The van der Waals surface area contributed by atoms with E-state index in [4.69, 9.17) is 9.47 Å². The van der Waals surface area contributed by atoms with Crippen molar-refractivity contribution >= 4 is 45.1 Å². The summed E-state index contributed by atoms with van der Waals surface area (Å²) in [5.41, 5.74) is 3.68. The van der Waals surface area contributed by atoms with Gasteiger partial charge in [0.25, 0.3) is 5.01 Å². The van der Waals surface area contributed by atoms with Crippen LogP contribution in [0.2, 0.25) is 0 Å². The average molecular weight is 426 g/mol. The van der Waals surface area contributed by atoms with Crippen LogP contribution in [-0.4, -0.2) is 21.3 Å². The molecule has 3 aromatic rings. The molecule has 0 saturated heterocycles. The summed E-state index contributed by atoms with van der Waals surface area (Å²) in [5.74, 6) is 1.77. The first-order valence-corrected chi connectivity index (χ1v) is 11.2. The molecule has 0 fully saturated rings. The Morgan fingerprint density at radius 1 is 1.10 bits per heavy atom. The molecule has 0 atom stereocenters. The quantitative estimate of drug-likeness (QED) is 0.496. The second-order valence-corrected chi connectivity index (χ2v) is 9.01. The Balaban J connectivity index is 1.68. The summed E-state index contributed by atoms with van der Waals surface area (Å²) >= 11 is 3.61. The molecule has 0 aliphatic carbocycles. The zero-order chi connectivity index (χ0) is 20.5. The zero-order valence-electron chi connectivity index (χ0n) is 17.4. The maximum absolute atomic E-state index is 5.39. The Bertz CT molecular complexity index is 1130. The summed E-state index contributed by atoms with van der Waals surface area (Å²) in [5, 5.41) is 2.46. The van der Waals surface area contributed by atoms with Crippen molar-refractivity contribution in [2.45, 2.75) is 18.2 Å². The number of hydrogen-bond acceptors (Lipinski definition) is 5. The van der Waals surface area contributed by atoms with Gasteiger partial charge in [0.1, 0.15) is 23.2 Å². The highest BCUT2D eigenvalue weighted by Crippen LogP contribution is 2.46. The van der Waals surface area contributed by atoms with Gasteiger partial charge in [0.2, 0.25) is 5.52 Å². The third-order valence-electron chi connectivity index (χ3n) is 5.17. The number of rotatable bonds is 5. The standard InChI is InChI=1S/C23H25N2O2S2/c1-6-15(11-22-24(2)18-13-16(26-4)7-9-20(18)28-22)12-23-25(3)19-14-17(27-5)8-10-21(19)29-23/h7-14H,6H2,1-5H3/q+1. The first kappa shape index (κ1) is 19.9. The van der Waals surface area contributed by atoms with Crippen molar-refractivity contribution in [1.29, 1.82) is 0 Å². The fraction of sp³-hybridized carbons (Fsp3) is 0.261. The first-order chi connectivity index (χ1) is 14.0. The van der Waals surface area contributed by atoms with Crippen molar-refractivity contribution in [3.05, 3.63) is 58.1 Å². The molecule has 4 rings (SSSR count). The van der Waals surface area contributed by atoms with Crippen molar-refractivity contribution in [3.8, 4) is 11.5 Å². The number of anilines is 1. The Morgan fingerprint density at radius 3 is 2.55 bits per heavy atom. The highest BCUT2D eigenvalue weighted by molar-refractivity contribution is 8.03. The molecule has 6 heteroatoms. The van der Waals surface area contributed by atoms with Gasteiger partial charge in [0, 0.05) is 24.1 Å². The molecule has 2 heterocycles. The molecular weight excluding hydrogens is 400 g/mol.